The van der Waals surface area contributed by atoms with Gasteiger partial charge in [0.2, 0.25) is 5.91 Å². The molecule has 0 bridgehead atoms. The molecule has 5 heteroatoms. The molecule has 0 aliphatic rings. The number of ether oxygens (including phenoxy) is 1. The van der Waals surface area contributed by atoms with Crippen molar-refractivity contribution in [2.75, 3.05) is 13.2 Å². The van der Waals surface area contributed by atoms with Gasteiger partial charge in [0, 0.05) is 19.0 Å². The van der Waals surface area contributed by atoms with Crippen molar-refractivity contribution in [3.05, 3.63) is 30.1 Å². The summed E-state index contributed by atoms with van der Waals surface area (Å²) in [4.78, 5) is 11.4. The lowest BCUT2D eigenvalue weighted by molar-refractivity contribution is -0.121. The Morgan fingerprint density at radius 2 is 2.32 bits per heavy atom. The Labute approximate surface area is 112 Å². The number of hydrogen-bond donors (Lipinski definition) is 2. The molecule has 1 amide bonds. The third-order valence-electron chi connectivity index (χ3n) is 2.50. The minimum Gasteiger partial charge on any atom is -0.493 e. The maximum absolute atomic E-state index is 12.8. The van der Waals surface area contributed by atoms with Crippen molar-refractivity contribution in [3.63, 3.8) is 0 Å². The van der Waals surface area contributed by atoms with E-state index in [-0.39, 0.29) is 11.7 Å². The molecule has 1 atom stereocenters. The van der Waals surface area contributed by atoms with Crippen molar-refractivity contribution < 1.29 is 19.0 Å². The molecule has 0 radical (unpaired) electrons. The van der Waals surface area contributed by atoms with Crippen LogP contribution in [0, 0.1) is 5.82 Å². The molecule has 4 nitrogen and oxygen atoms in total. The molecule has 1 aromatic carbocycles. The Morgan fingerprint density at radius 3 is 3.00 bits per heavy atom. The SMILES string of the molecule is CC(O)CCNC(=O)CCCOc1cccc(F)c1. The summed E-state index contributed by atoms with van der Waals surface area (Å²) in [6, 6.07) is 5.91. The van der Waals surface area contributed by atoms with Crippen LogP contribution in [0.5, 0.6) is 5.75 Å². The second kappa shape index (κ2) is 8.48. The second-order valence-electron chi connectivity index (χ2n) is 4.40. The Hall–Kier alpha value is -1.62. The van der Waals surface area contributed by atoms with Crippen molar-refractivity contribution >= 4 is 5.91 Å². The zero-order valence-corrected chi connectivity index (χ0v) is 11.1. The topological polar surface area (TPSA) is 58.6 Å². The van der Waals surface area contributed by atoms with Gasteiger partial charge in [0.15, 0.2) is 0 Å². The molecule has 0 aliphatic heterocycles. The number of rotatable bonds is 8. The van der Waals surface area contributed by atoms with Crippen LogP contribution in [0.3, 0.4) is 0 Å². The van der Waals surface area contributed by atoms with E-state index in [0.717, 1.165) is 0 Å². The summed E-state index contributed by atoms with van der Waals surface area (Å²) < 4.78 is 18.2. The molecule has 106 valence electrons. The van der Waals surface area contributed by atoms with E-state index in [9.17, 15) is 9.18 Å². The van der Waals surface area contributed by atoms with E-state index in [0.29, 0.717) is 38.2 Å². The van der Waals surface area contributed by atoms with Crippen LogP contribution in [0.4, 0.5) is 4.39 Å². The van der Waals surface area contributed by atoms with Gasteiger partial charge in [-0.25, -0.2) is 4.39 Å². The number of carbonyl (C=O) groups is 1. The number of carbonyl (C=O) groups excluding carboxylic acids is 1. The molecular weight excluding hydrogens is 249 g/mol. The first-order valence-electron chi connectivity index (χ1n) is 6.41. The van der Waals surface area contributed by atoms with Gasteiger partial charge in [-0.2, -0.15) is 0 Å². The van der Waals surface area contributed by atoms with E-state index in [1.165, 1.54) is 12.1 Å². The van der Waals surface area contributed by atoms with Crippen LogP contribution < -0.4 is 10.1 Å². The lowest BCUT2D eigenvalue weighted by Crippen LogP contribution is -2.26. The van der Waals surface area contributed by atoms with Crippen LogP contribution in [0.15, 0.2) is 24.3 Å². The Bertz CT molecular complexity index is 396. The van der Waals surface area contributed by atoms with E-state index >= 15 is 0 Å². The van der Waals surface area contributed by atoms with Gasteiger partial charge in [-0.05, 0) is 31.9 Å². The third-order valence-corrected chi connectivity index (χ3v) is 2.50. The molecule has 19 heavy (non-hydrogen) atoms. The highest BCUT2D eigenvalue weighted by Gasteiger charge is 2.02. The normalized spacial score (nSPS) is 11.9. The average molecular weight is 269 g/mol. The first-order chi connectivity index (χ1) is 9.08. The number of aliphatic hydroxyl groups excluding tert-OH is 1. The fraction of sp³-hybridized carbons (Fsp3) is 0.500. The fourth-order valence-electron chi connectivity index (χ4n) is 1.49. The van der Waals surface area contributed by atoms with E-state index in [1.54, 1.807) is 19.1 Å². The Balaban J connectivity index is 2.08. The van der Waals surface area contributed by atoms with Gasteiger partial charge in [-0.1, -0.05) is 6.07 Å². The first-order valence-corrected chi connectivity index (χ1v) is 6.41. The van der Waals surface area contributed by atoms with Crippen LogP contribution in [0.25, 0.3) is 0 Å². The third kappa shape index (κ3) is 7.41. The van der Waals surface area contributed by atoms with Crippen LogP contribution in [-0.4, -0.2) is 30.3 Å². The molecule has 0 spiro atoms. The van der Waals surface area contributed by atoms with Crippen molar-refractivity contribution in [1.82, 2.24) is 5.32 Å². The molecule has 0 heterocycles. The Kier molecular flexibility index (Phi) is 6.89. The highest BCUT2D eigenvalue weighted by atomic mass is 19.1. The standard InChI is InChI=1S/C14H20FNO3/c1-11(17)7-8-16-14(18)6-3-9-19-13-5-2-4-12(15)10-13/h2,4-5,10-11,17H,3,6-9H2,1H3,(H,16,18). The number of benzene rings is 1. The average Bonchev–Trinajstić information content (AvgIpc) is 2.34. The molecule has 0 saturated heterocycles. The number of halogens is 1. The summed E-state index contributed by atoms with van der Waals surface area (Å²) in [6.45, 7) is 2.52. The molecule has 0 aliphatic carbocycles. The van der Waals surface area contributed by atoms with E-state index in [4.69, 9.17) is 9.84 Å². The zero-order valence-electron chi connectivity index (χ0n) is 11.1. The van der Waals surface area contributed by atoms with Crippen molar-refractivity contribution in [3.8, 4) is 5.75 Å². The second-order valence-corrected chi connectivity index (χ2v) is 4.40. The summed E-state index contributed by atoms with van der Waals surface area (Å²) in [5, 5.41) is 11.7. The largest absolute Gasteiger partial charge is 0.493 e. The quantitative estimate of drug-likeness (QED) is 0.708. The molecule has 0 aromatic heterocycles. The molecule has 1 unspecified atom stereocenters. The first kappa shape index (κ1) is 15.4. The van der Waals surface area contributed by atoms with Crippen molar-refractivity contribution in [1.29, 1.82) is 0 Å². The zero-order chi connectivity index (χ0) is 14.1. The van der Waals surface area contributed by atoms with Crippen molar-refractivity contribution in [2.45, 2.75) is 32.3 Å². The molecule has 1 rings (SSSR count). The van der Waals surface area contributed by atoms with E-state index in [1.807, 2.05) is 0 Å². The predicted molar refractivity (Wildman–Crippen MR) is 70.4 cm³/mol. The number of hydrogen-bond acceptors (Lipinski definition) is 3. The van der Waals surface area contributed by atoms with Gasteiger partial charge in [-0.15, -0.1) is 0 Å². The highest BCUT2D eigenvalue weighted by molar-refractivity contribution is 5.75. The smallest absolute Gasteiger partial charge is 0.220 e. The van der Waals surface area contributed by atoms with Gasteiger partial charge in [0.05, 0.1) is 12.7 Å². The van der Waals surface area contributed by atoms with Gasteiger partial charge in [0.25, 0.3) is 0 Å². The number of nitrogens with one attached hydrogen (secondary N) is 1. The summed E-state index contributed by atoms with van der Waals surface area (Å²) >= 11 is 0. The Morgan fingerprint density at radius 1 is 1.53 bits per heavy atom. The van der Waals surface area contributed by atoms with E-state index < -0.39 is 6.10 Å². The molecule has 0 fully saturated rings. The van der Waals surface area contributed by atoms with Crippen LogP contribution in [0.2, 0.25) is 0 Å². The minimum atomic E-state index is -0.406. The van der Waals surface area contributed by atoms with Gasteiger partial charge >= 0.3 is 0 Å². The van der Waals surface area contributed by atoms with Gasteiger partial charge in [0.1, 0.15) is 11.6 Å². The molecular formula is C14H20FNO3. The summed E-state index contributed by atoms with van der Waals surface area (Å²) in [5.74, 6) is 0.0615. The van der Waals surface area contributed by atoms with Crippen LogP contribution in [0.1, 0.15) is 26.2 Å². The highest BCUT2D eigenvalue weighted by Crippen LogP contribution is 2.12. The molecule has 2 N–H and O–H groups in total. The van der Waals surface area contributed by atoms with Gasteiger partial charge in [-0.3, -0.25) is 4.79 Å². The molecule has 1 aromatic rings. The summed E-state index contributed by atoms with van der Waals surface area (Å²) in [5.41, 5.74) is 0. The van der Waals surface area contributed by atoms with E-state index in [2.05, 4.69) is 5.32 Å². The summed E-state index contributed by atoms with van der Waals surface area (Å²) in [6.07, 6.45) is 1.06. The minimum absolute atomic E-state index is 0.0662. The number of aliphatic hydroxyl groups is 1. The maximum Gasteiger partial charge on any atom is 0.220 e. The monoisotopic (exact) mass is 269 g/mol. The number of amides is 1. The lowest BCUT2D eigenvalue weighted by Gasteiger charge is -2.08. The fourth-order valence-corrected chi connectivity index (χ4v) is 1.49. The lowest BCUT2D eigenvalue weighted by atomic mass is 10.2. The molecule has 0 saturated carbocycles. The van der Waals surface area contributed by atoms with Crippen LogP contribution >= 0.6 is 0 Å². The van der Waals surface area contributed by atoms with Gasteiger partial charge < -0.3 is 15.2 Å². The summed E-state index contributed by atoms with van der Waals surface area (Å²) in [7, 11) is 0. The van der Waals surface area contributed by atoms with Crippen molar-refractivity contribution in [2.24, 2.45) is 0 Å². The predicted octanol–water partition coefficient (Wildman–Crippen LogP) is 1.87. The van der Waals surface area contributed by atoms with Crippen LogP contribution in [-0.2, 0) is 4.79 Å². The maximum atomic E-state index is 12.8.